The molecule has 1 atom stereocenters. The number of terminal acetylenes is 1. The molecule has 5 aliphatic rings. The van der Waals surface area contributed by atoms with Gasteiger partial charge < -0.3 is 0 Å². The first-order chi connectivity index (χ1) is 35.8. The zero-order valence-corrected chi connectivity index (χ0v) is 37.1. The summed E-state index contributed by atoms with van der Waals surface area (Å²) >= 11 is 0. The van der Waals surface area contributed by atoms with Crippen LogP contribution < -0.4 is 0 Å². The van der Waals surface area contributed by atoms with Crippen LogP contribution in [0.3, 0.4) is 0 Å². The number of hydrogen-bond donors (Lipinski definition) is 0. The van der Waals surface area contributed by atoms with E-state index in [2.05, 4.69) is 42.1 Å². The molecule has 1 nitrogen and oxygen atoms in total. The maximum atomic E-state index is 6.13. The summed E-state index contributed by atoms with van der Waals surface area (Å²) in [6.07, 6.45) is 7.21. The molecule has 1 aliphatic heterocycles. The van der Waals surface area contributed by atoms with Crippen LogP contribution >= 0.6 is 0 Å². The fraction of sp³-hybridized carbons (Fsp3) is 0.0704. The van der Waals surface area contributed by atoms with Gasteiger partial charge in [0.25, 0.3) is 0 Å². The standard InChI is InChI=1S/C71H11N/c1-3-9-4-6-10(7-5-9)11-8-70-66-58-50-40-30-22-14-12-13-16-20-18(14)26-34-28(20)38-32-24(16)25-17(13)21-19-15(12)23(22)31-37-27(19)35-29(21)39-33(25)43-42(32)54-48(38)56-46(34)52(44(50)36(26)30)60(66)62(56)68-64(54)65-55(43)49(39)57-47(35)53-45(37)51(41(31)40)59(58)67(70)61(53)63(57)69(65)71(68,70)72(11)2/h1,4-7,11H,8H2,2H3. The van der Waals surface area contributed by atoms with Gasteiger partial charge in [0.05, 0.1) is 11.0 Å². The van der Waals surface area contributed by atoms with Crippen molar-refractivity contribution in [1.29, 1.82) is 0 Å². The van der Waals surface area contributed by atoms with Crippen LogP contribution in [0.4, 0.5) is 0 Å². The zero-order chi connectivity index (χ0) is 43.0. The molecule has 1 unspecified atom stereocenters. The molecule has 0 aromatic heterocycles. The second kappa shape index (κ2) is 6.11. The Morgan fingerprint density at radius 3 is 0.708 bits per heavy atom. The summed E-state index contributed by atoms with van der Waals surface area (Å²) in [5.41, 5.74) is 8.71. The minimum atomic E-state index is -0.381. The fourth-order valence-corrected chi connectivity index (χ4v) is 26.2. The van der Waals surface area contributed by atoms with Crippen molar-refractivity contribution >= 4 is 291 Å². The number of benzene rings is 19. The average molecular weight is 878 g/mol. The van der Waals surface area contributed by atoms with Gasteiger partial charge in [-0.15, -0.1) is 6.42 Å². The highest BCUT2D eigenvalue weighted by atomic mass is 15.3. The molecule has 4 aliphatic carbocycles. The summed E-state index contributed by atoms with van der Waals surface area (Å²) < 4.78 is 0. The molecule has 0 amide bonds. The Kier molecular flexibility index (Phi) is 2.29. The van der Waals surface area contributed by atoms with E-state index in [-0.39, 0.29) is 17.0 Å². The smallest absolute Gasteiger partial charge is 0.0884 e. The first-order valence-corrected chi connectivity index (χ1v) is 26.8. The van der Waals surface area contributed by atoms with Gasteiger partial charge in [-0.3, -0.25) is 4.90 Å². The molecule has 1 heteroatoms. The lowest BCUT2D eigenvalue weighted by atomic mass is 9.53. The molecule has 0 radical (unpaired) electrons. The molecular weight excluding hydrogens is 867 g/mol. The number of nitrogens with zero attached hydrogens (tertiary/aromatic N) is 1. The molecule has 300 valence electrons. The Labute approximate surface area is 394 Å². The third-order valence-electron chi connectivity index (χ3n) is 26.4. The molecule has 0 N–H and O–H groups in total. The Bertz CT molecular complexity index is 7340. The van der Waals surface area contributed by atoms with Crippen molar-refractivity contribution in [2.24, 2.45) is 0 Å². The highest BCUT2D eigenvalue weighted by molar-refractivity contribution is 6.82. The number of hydrogen-bond acceptors (Lipinski definition) is 1. The topological polar surface area (TPSA) is 3.24 Å². The maximum absolute atomic E-state index is 6.13. The normalized spacial score (nSPS) is 23.5. The molecule has 29 aromatic carbocycles. The second-order valence-corrected chi connectivity index (χ2v) is 26.5. The average Bonchev–Trinajstić information content (AvgIpc) is 4.31. The molecule has 1 heterocycles. The zero-order valence-electron chi connectivity index (χ0n) is 37.1. The predicted molar refractivity (Wildman–Crippen MR) is 303 cm³/mol. The highest BCUT2D eigenvalue weighted by Gasteiger charge is 2.75. The van der Waals surface area contributed by atoms with Crippen molar-refractivity contribution in [3.05, 3.63) is 57.6 Å². The van der Waals surface area contributed by atoms with E-state index in [1.165, 1.54) is 5.56 Å². The van der Waals surface area contributed by atoms with Crippen LogP contribution in [0.2, 0.25) is 0 Å². The largest absolute Gasteiger partial charge is 0.285 e. The molecule has 1 saturated heterocycles. The van der Waals surface area contributed by atoms with E-state index in [1.807, 2.05) is 0 Å². The van der Waals surface area contributed by atoms with E-state index >= 15 is 0 Å². The summed E-state index contributed by atoms with van der Waals surface area (Å²) in [6, 6.07) is 9.55. The lowest BCUT2D eigenvalue weighted by Gasteiger charge is -2.52. The SMILES string of the molecule is C#Cc1ccc(C2CC34c5c6c7c8c9c%10c(c%11c%12c3c3c5c5c%13c6c6c7c7c9c9c%14c%10c%10c%11c%11c%12c%12c3c3c5c5c%13c%13c6c6c7c9c7c9c%14c%10c%10c%11c%11c%12c3c3c5c5c%13c6c7c6c9c%10c%11c3c56)C84N2C)cc1. The Morgan fingerprint density at radius 2 is 0.500 bits per heavy atom. The number of likely N-dealkylation sites (tertiary alicyclic amines) is 1. The molecule has 1 fully saturated rings. The van der Waals surface area contributed by atoms with E-state index in [9.17, 15) is 0 Å². The van der Waals surface area contributed by atoms with E-state index < -0.39 is 0 Å². The van der Waals surface area contributed by atoms with Gasteiger partial charge in [-0.25, -0.2) is 0 Å². The van der Waals surface area contributed by atoms with Gasteiger partial charge >= 0.3 is 0 Å². The Balaban J connectivity index is 1.13. The summed E-state index contributed by atoms with van der Waals surface area (Å²) in [5.74, 6) is 2.99. The van der Waals surface area contributed by atoms with Crippen LogP contribution in [-0.4, -0.2) is 11.9 Å². The molecule has 29 aromatic rings. The van der Waals surface area contributed by atoms with Gasteiger partial charge in [-0.05, 0) is 344 Å². The molecule has 72 heavy (non-hydrogen) atoms. The number of likely N-dealkylation sites (N-methyl/N-ethyl adjacent to an activating group) is 1. The Morgan fingerprint density at radius 1 is 0.306 bits per heavy atom. The second-order valence-electron chi connectivity index (χ2n) is 26.5. The minimum Gasteiger partial charge on any atom is -0.285 e. The minimum absolute atomic E-state index is 0.205. The van der Waals surface area contributed by atoms with Crippen LogP contribution in [-0.2, 0) is 11.0 Å². The van der Waals surface area contributed by atoms with Gasteiger partial charge in [0.1, 0.15) is 0 Å². The molecule has 0 saturated carbocycles. The molecule has 2 spiro atoms. The van der Waals surface area contributed by atoms with Gasteiger partial charge in [0, 0.05) is 11.6 Å². The summed E-state index contributed by atoms with van der Waals surface area (Å²) in [5, 5.41) is 89.7. The van der Waals surface area contributed by atoms with Gasteiger partial charge in [0.15, 0.2) is 0 Å². The van der Waals surface area contributed by atoms with Crippen molar-refractivity contribution in [1.82, 2.24) is 4.90 Å². The van der Waals surface area contributed by atoms with Crippen molar-refractivity contribution in [2.75, 3.05) is 7.05 Å². The lowest BCUT2D eigenvalue weighted by Crippen LogP contribution is -2.54. The van der Waals surface area contributed by atoms with Crippen molar-refractivity contribution < 1.29 is 0 Å². The van der Waals surface area contributed by atoms with E-state index in [1.54, 1.807) is 313 Å². The first kappa shape index (κ1) is 27.0. The van der Waals surface area contributed by atoms with E-state index in [0.29, 0.717) is 0 Å². The fourth-order valence-electron chi connectivity index (χ4n) is 26.2. The lowest BCUT2D eigenvalue weighted by molar-refractivity contribution is 0.147. The van der Waals surface area contributed by atoms with Crippen LogP contribution in [0.1, 0.15) is 45.8 Å². The first-order valence-electron chi connectivity index (χ1n) is 26.8. The van der Waals surface area contributed by atoms with Gasteiger partial charge in [-0.2, -0.15) is 0 Å². The monoisotopic (exact) mass is 877 g/mol. The van der Waals surface area contributed by atoms with Gasteiger partial charge in [-0.1, -0.05) is 18.1 Å². The number of rotatable bonds is 1. The highest BCUT2D eigenvalue weighted by Crippen LogP contribution is 2.87. The molecule has 34 rings (SSSR count). The molecular formula is C71H11N. The van der Waals surface area contributed by atoms with Gasteiger partial charge in [0.2, 0.25) is 0 Å². The van der Waals surface area contributed by atoms with Crippen LogP contribution in [0.25, 0.3) is 291 Å². The van der Waals surface area contributed by atoms with Crippen LogP contribution in [0.5, 0.6) is 0 Å². The molecule has 0 bridgehead atoms. The van der Waals surface area contributed by atoms with Crippen molar-refractivity contribution in [3.8, 4) is 12.3 Å². The maximum Gasteiger partial charge on any atom is 0.0884 e. The van der Waals surface area contributed by atoms with Crippen LogP contribution in [0.15, 0.2) is 24.3 Å². The van der Waals surface area contributed by atoms with E-state index in [0.717, 1.165) is 12.0 Å². The van der Waals surface area contributed by atoms with Crippen molar-refractivity contribution in [2.45, 2.75) is 23.4 Å². The van der Waals surface area contributed by atoms with E-state index in [4.69, 9.17) is 6.42 Å². The van der Waals surface area contributed by atoms with Crippen molar-refractivity contribution in [3.63, 3.8) is 0 Å². The quantitative estimate of drug-likeness (QED) is 0.117. The summed E-state index contributed by atoms with van der Waals surface area (Å²) in [6.45, 7) is 0. The third kappa shape index (κ3) is 1.42. The summed E-state index contributed by atoms with van der Waals surface area (Å²) in [7, 11) is 2.62. The summed E-state index contributed by atoms with van der Waals surface area (Å²) in [4.78, 5) is 3.06. The Hall–Kier alpha value is -8.80. The van der Waals surface area contributed by atoms with Crippen LogP contribution in [0, 0.1) is 12.3 Å². The third-order valence-corrected chi connectivity index (χ3v) is 26.4. The predicted octanol–water partition coefficient (Wildman–Crippen LogP) is 18.3.